The Morgan fingerprint density at radius 1 is 0.842 bits per heavy atom. The number of ether oxygens (including phenoxy) is 1. The van der Waals surface area contributed by atoms with E-state index in [0.29, 0.717) is 24.7 Å². The highest BCUT2D eigenvalue weighted by Crippen LogP contribution is 2.35. The van der Waals surface area contributed by atoms with Gasteiger partial charge in [0.05, 0.1) is 49.5 Å². The first-order valence-electron chi connectivity index (χ1n) is 19.2. The highest BCUT2D eigenvalue weighted by Gasteiger charge is 2.40. The number of hydrogen-bond donors (Lipinski definition) is 4. The van der Waals surface area contributed by atoms with E-state index >= 15 is 0 Å². The molecule has 4 amide bonds. The fraction of sp³-hybridized carbons (Fsp3) is 0.390. The third kappa shape index (κ3) is 8.25. The number of benzene rings is 2. The van der Waals surface area contributed by atoms with Crippen LogP contribution in [-0.4, -0.2) is 113 Å². The molecule has 0 aliphatic carbocycles. The van der Waals surface area contributed by atoms with Crippen LogP contribution in [0, 0.1) is 5.92 Å². The summed E-state index contributed by atoms with van der Waals surface area (Å²) >= 11 is 0. The monoisotopic (exact) mass is 776 g/mol. The number of amides is 4. The van der Waals surface area contributed by atoms with Crippen LogP contribution in [0.15, 0.2) is 79.4 Å². The van der Waals surface area contributed by atoms with E-state index in [2.05, 4.69) is 54.6 Å². The zero-order valence-electron chi connectivity index (χ0n) is 32.5. The van der Waals surface area contributed by atoms with Crippen molar-refractivity contribution < 1.29 is 29.0 Å². The molecule has 0 radical (unpaired) electrons. The molecule has 4 atom stereocenters. The molecule has 4 N–H and O–H groups in total. The minimum Gasteiger partial charge on any atom is -0.465 e. The van der Waals surface area contributed by atoms with Gasteiger partial charge < -0.3 is 34.9 Å². The van der Waals surface area contributed by atoms with Crippen LogP contribution in [0.4, 0.5) is 9.59 Å². The van der Waals surface area contributed by atoms with Crippen LogP contribution in [0.1, 0.15) is 63.3 Å². The molecule has 2 aromatic carbocycles. The molecule has 7 rings (SSSR count). The van der Waals surface area contributed by atoms with E-state index in [-0.39, 0.29) is 36.4 Å². The van der Waals surface area contributed by atoms with Crippen LogP contribution in [0.25, 0.3) is 33.6 Å². The second kappa shape index (κ2) is 16.7. The Hall–Kier alpha value is -6.45. The molecular weight excluding hydrogens is 729 g/mol. The summed E-state index contributed by atoms with van der Waals surface area (Å²) < 4.78 is 6.39. The van der Waals surface area contributed by atoms with Gasteiger partial charge in [-0.25, -0.2) is 19.6 Å². The lowest BCUT2D eigenvalue weighted by Gasteiger charge is -2.33. The topological polar surface area (TPSA) is 195 Å². The minimum atomic E-state index is -1.13. The number of likely N-dealkylation sites (N-methyl/N-ethyl adjacent to an activating group) is 1. The molecule has 2 fully saturated rings. The number of hydrogen-bond acceptors (Lipinski definition) is 8. The van der Waals surface area contributed by atoms with E-state index in [1.807, 2.05) is 38.1 Å². The lowest BCUT2D eigenvalue weighted by molar-refractivity contribution is -0.138. The number of nitrogens with one attached hydrogen (secondary N) is 3. The van der Waals surface area contributed by atoms with Crippen molar-refractivity contribution in [3.05, 3.63) is 91.0 Å². The normalized spacial score (nSPS) is 17.8. The van der Waals surface area contributed by atoms with Gasteiger partial charge in [0.2, 0.25) is 11.8 Å². The molecule has 0 spiro atoms. The fourth-order valence-electron chi connectivity index (χ4n) is 7.99. The molecule has 2 aliphatic heterocycles. The number of carbonyl (C=O) groups excluding carboxylic acids is 3. The van der Waals surface area contributed by atoms with Gasteiger partial charge in [-0.3, -0.25) is 19.2 Å². The maximum absolute atomic E-state index is 13.8. The van der Waals surface area contributed by atoms with E-state index in [9.17, 15) is 24.3 Å². The molecular formula is C41H48N10O6. The Balaban J connectivity index is 1.00. The van der Waals surface area contributed by atoms with Gasteiger partial charge in [0.15, 0.2) is 0 Å². The molecule has 57 heavy (non-hydrogen) atoms. The number of rotatable bonds is 12. The van der Waals surface area contributed by atoms with Crippen molar-refractivity contribution in [2.75, 3.05) is 27.2 Å². The summed E-state index contributed by atoms with van der Waals surface area (Å²) in [7, 11) is 2.71. The number of aromatic amines is 2. The quantitative estimate of drug-likeness (QED) is 0.123. The first kappa shape index (κ1) is 38.8. The molecule has 5 aromatic rings. The van der Waals surface area contributed by atoms with Crippen LogP contribution >= 0.6 is 0 Å². The SMILES string of the molecule is COC(=O)N[C@@H](Cn1cccn1)C(=O)N1CCC[C@H]1c1ncc(-c2ccc(-c3ccc(-c4cnc([C@@H]5CCCN5C(=O)[C@H](C(C)C)N(C)C(=O)O)[nH]4)cc3)cc2)[nH]1. The average Bonchev–Trinajstić information content (AvgIpc) is 4.07. The predicted octanol–water partition coefficient (Wildman–Crippen LogP) is 5.72. The number of H-pyrrole nitrogens is 2. The second-order valence-corrected chi connectivity index (χ2v) is 14.9. The second-order valence-electron chi connectivity index (χ2n) is 14.9. The molecule has 3 aromatic heterocycles. The van der Waals surface area contributed by atoms with Crippen molar-refractivity contribution in [1.29, 1.82) is 0 Å². The van der Waals surface area contributed by atoms with Crippen molar-refractivity contribution in [3.63, 3.8) is 0 Å². The van der Waals surface area contributed by atoms with Gasteiger partial charge in [0.25, 0.3) is 0 Å². The number of alkyl carbamates (subject to hydrolysis) is 1. The van der Waals surface area contributed by atoms with Gasteiger partial charge in [-0.05, 0) is 59.9 Å². The largest absolute Gasteiger partial charge is 0.465 e. The van der Waals surface area contributed by atoms with Gasteiger partial charge in [-0.1, -0.05) is 62.4 Å². The maximum Gasteiger partial charge on any atom is 0.407 e. The summed E-state index contributed by atoms with van der Waals surface area (Å²) in [4.78, 5) is 72.0. The van der Waals surface area contributed by atoms with E-state index in [0.717, 1.165) is 64.2 Å². The van der Waals surface area contributed by atoms with Crippen LogP contribution in [-0.2, 0) is 20.9 Å². The minimum absolute atomic E-state index is 0.172. The molecule has 0 saturated carbocycles. The number of carbonyl (C=O) groups is 4. The average molecular weight is 777 g/mol. The number of likely N-dealkylation sites (tertiary alicyclic amines) is 2. The van der Waals surface area contributed by atoms with Gasteiger partial charge in [0, 0.05) is 32.5 Å². The summed E-state index contributed by atoms with van der Waals surface area (Å²) in [5.74, 6) is 0.772. The Labute approximate surface area is 330 Å². The van der Waals surface area contributed by atoms with Gasteiger partial charge >= 0.3 is 12.2 Å². The van der Waals surface area contributed by atoms with Crippen LogP contribution in [0.5, 0.6) is 0 Å². The molecule has 16 heteroatoms. The number of carboxylic acid groups (broad SMARTS) is 1. The zero-order chi connectivity index (χ0) is 40.2. The zero-order valence-corrected chi connectivity index (χ0v) is 32.5. The Kier molecular flexibility index (Phi) is 11.4. The fourth-order valence-corrected chi connectivity index (χ4v) is 7.99. The van der Waals surface area contributed by atoms with Crippen LogP contribution in [0.2, 0.25) is 0 Å². The smallest absolute Gasteiger partial charge is 0.407 e. The van der Waals surface area contributed by atoms with E-state index in [1.165, 1.54) is 14.2 Å². The van der Waals surface area contributed by atoms with Crippen LogP contribution < -0.4 is 5.32 Å². The summed E-state index contributed by atoms with van der Waals surface area (Å²) in [6.07, 6.45) is 8.22. The maximum atomic E-state index is 13.8. The first-order chi connectivity index (χ1) is 27.5. The lowest BCUT2D eigenvalue weighted by atomic mass is 10.0. The molecule has 2 aliphatic rings. The predicted molar refractivity (Wildman–Crippen MR) is 210 cm³/mol. The Morgan fingerprint density at radius 2 is 1.35 bits per heavy atom. The number of aromatic nitrogens is 6. The molecule has 2 saturated heterocycles. The van der Waals surface area contributed by atoms with Crippen molar-refractivity contribution in [2.24, 2.45) is 5.92 Å². The summed E-state index contributed by atoms with van der Waals surface area (Å²) in [5, 5.41) is 16.5. The highest BCUT2D eigenvalue weighted by molar-refractivity contribution is 5.87. The Bertz CT molecular complexity index is 2180. The van der Waals surface area contributed by atoms with Crippen molar-refractivity contribution in [1.82, 2.24) is 49.7 Å². The molecule has 16 nitrogen and oxygen atoms in total. The van der Waals surface area contributed by atoms with Crippen molar-refractivity contribution in [2.45, 2.75) is 70.2 Å². The summed E-state index contributed by atoms with van der Waals surface area (Å²) in [5.41, 5.74) is 5.64. The third-order valence-electron chi connectivity index (χ3n) is 10.9. The van der Waals surface area contributed by atoms with Crippen molar-refractivity contribution in [3.8, 4) is 33.6 Å². The van der Waals surface area contributed by atoms with Gasteiger partial charge in [-0.2, -0.15) is 5.10 Å². The summed E-state index contributed by atoms with van der Waals surface area (Å²) in [6, 6.07) is 16.0. The van der Waals surface area contributed by atoms with Gasteiger partial charge in [-0.15, -0.1) is 0 Å². The van der Waals surface area contributed by atoms with Crippen molar-refractivity contribution >= 4 is 24.0 Å². The number of nitrogens with zero attached hydrogens (tertiary/aromatic N) is 7. The van der Waals surface area contributed by atoms with E-state index in [4.69, 9.17) is 4.74 Å². The highest BCUT2D eigenvalue weighted by atomic mass is 16.5. The van der Waals surface area contributed by atoms with Crippen LogP contribution in [0.3, 0.4) is 0 Å². The standard InChI is InChI=1S/C41H48N10O6/c1-25(2)35(48(3)41(55)56)39(53)51-21-6-9-34(51)37-43-23-31(46-37)29-16-12-27(13-17-29)26-10-14-28(15-11-26)30-22-42-36(45-30)33-8-5-20-50(33)38(52)32(47-40(54)57-4)24-49-19-7-18-44-49/h7,10-19,22-23,25,32-35H,5-6,8-9,20-21,24H2,1-4H3,(H,42,45)(H,43,46)(H,47,54)(H,55,56)/t32-,33-,34-,35-/m0/s1. The lowest BCUT2D eigenvalue weighted by Crippen LogP contribution is -2.51. The van der Waals surface area contributed by atoms with E-state index in [1.54, 1.807) is 45.3 Å². The number of methoxy groups -OCH3 is 1. The van der Waals surface area contributed by atoms with Gasteiger partial charge in [0.1, 0.15) is 23.7 Å². The molecule has 0 unspecified atom stereocenters. The molecule has 0 bridgehead atoms. The third-order valence-corrected chi connectivity index (χ3v) is 10.9. The van der Waals surface area contributed by atoms with E-state index < -0.39 is 24.3 Å². The number of imidazole rings is 2. The first-order valence-corrected chi connectivity index (χ1v) is 19.2. The molecule has 5 heterocycles. The summed E-state index contributed by atoms with van der Waals surface area (Å²) in [6.45, 7) is 4.98. The Morgan fingerprint density at radius 3 is 1.81 bits per heavy atom. The molecule has 298 valence electrons.